The number of hydrogen-bond acceptors (Lipinski definition) is 4. The Balaban J connectivity index is 2.39. The minimum Gasteiger partial charge on any atom is -0.493 e. The van der Waals surface area contributed by atoms with Gasteiger partial charge in [0.2, 0.25) is 0 Å². The van der Waals surface area contributed by atoms with E-state index in [-0.39, 0.29) is 0 Å². The molecule has 2 rings (SSSR count). The molecule has 106 valence electrons. The van der Waals surface area contributed by atoms with Crippen molar-refractivity contribution in [1.29, 1.82) is 0 Å². The minimum absolute atomic E-state index is 0.665. The van der Waals surface area contributed by atoms with Gasteiger partial charge in [0.15, 0.2) is 11.5 Å². The van der Waals surface area contributed by atoms with Gasteiger partial charge in [0.05, 0.1) is 25.6 Å². The molecule has 5 nitrogen and oxygen atoms in total. The van der Waals surface area contributed by atoms with E-state index in [1.807, 2.05) is 26.0 Å². The summed E-state index contributed by atoms with van der Waals surface area (Å²) in [5.74, 6) is 1.34. The molecule has 1 N–H and O–H groups in total. The van der Waals surface area contributed by atoms with Crippen LogP contribution in [0.25, 0.3) is 0 Å². The molecule has 0 amide bonds. The van der Waals surface area contributed by atoms with Crippen LogP contribution in [0.15, 0.2) is 21.6 Å². The van der Waals surface area contributed by atoms with Crippen molar-refractivity contribution in [3.8, 4) is 11.5 Å². The number of H-pyrrole nitrogens is 1. The van der Waals surface area contributed by atoms with E-state index >= 15 is 0 Å². The van der Waals surface area contributed by atoms with Gasteiger partial charge in [-0.2, -0.15) is 5.10 Å². The maximum Gasteiger partial charge on any atom is 0.161 e. The first-order valence-corrected chi connectivity index (χ1v) is 6.83. The van der Waals surface area contributed by atoms with Crippen LogP contribution in [0.5, 0.6) is 11.5 Å². The molecule has 1 aromatic heterocycles. The normalized spacial score (nSPS) is 11.1. The number of methoxy groups -OCH3 is 2. The summed E-state index contributed by atoms with van der Waals surface area (Å²) in [4.78, 5) is 4.48. The molecule has 0 aliphatic rings. The van der Waals surface area contributed by atoms with Gasteiger partial charge in [-0.15, -0.1) is 0 Å². The van der Waals surface area contributed by atoms with Crippen molar-refractivity contribution in [2.45, 2.75) is 13.8 Å². The standard InChI is InChI=1S/C14H16BrN3O2/c1-8-14(9(2)18-17-8)16-7-10-5-12(19-3)13(20-4)6-11(10)15/h5-7H,1-4H3,(H,17,18). The summed E-state index contributed by atoms with van der Waals surface area (Å²) in [6.45, 7) is 3.86. The van der Waals surface area contributed by atoms with Gasteiger partial charge in [-0.05, 0) is 41.9 Å². The van der Waals surface area contributed by atoms with Crippen molar-refractivity contribution in [3.05, 3.63) is 33.6 Å². The largest absolute Gasteiger partial charge is 0.493 e. The van der Waals surface area contributed by atoms with Crippen molar-refractivity contribution in [2.24, 2.45) is 4.99 Å². The third-order valence-corrected chi connectivity index (χ3v) is 3.61. The summed E-state index contributed by atoms with van der Waals surface area (Å²) in [5.41, 5.74) is 3.57. The first-order chi connectivity index (χ1) is 9.56. The summed E-state index contributed by atoms with van der Waals surface area (Å²) in [7, 11) is 3.22. The molecule has 0 atom stereocenters. The lowest BCUT2D eigenvalue weighted by Crippen LogP contribution is -1.93. The minimum atomic E-state index is 0.665. The number of aromatic nitrogens is 2. The van der Waals surface area contributed by atoms with Gasteiger partial charge in [0.1, 0.15) is 5.69 Å². The van der Waals surface area contributed by atoms with Gasteiger partial charge in [0, 0.05) is 16.3 Å². The van der Waals surface area contributed by atoms with Gasteiger partial charge in [-0.1, -0.05) is 0 Å². The van der Waals surface area contributed by atoms with Crippen LogP contribution in [0.4, 0.5) is 5.69 Å². The number of aryl methyl sites for hydroxylation is 2. The Morgan fingerprint density at radius 3 is 2.40 bits per heavy atom. The molecule has 1 aromatic carbocycles. The number of nitrogens with one attached hydrogen (secondary N) is 1. The maximum atomic E-state index is 5.29. The van der Waals surface area contributed by atoms with E-state index in [9.17, 15) is 0 Å². The van der Waals surface area contributed by atoms with Crippen molar-refractivity contribution in [3.63, 3.8) is 0 Å². The molecule has 2 aromatic rings. The third kappa shape index (κ3) is 2.85. The third-order valence-electron chi connectivity index (χ3n) is 2.92. The van der Waals surface area contributed by atoms with Crippen LogP contribution in [0, 0.1) is 13.8 Å². The van der Waals surface area contributed by atoms with Gasteiger partial charge in [-0.25, -0.2) is 0 Å². The molecular formula is C14H16BrN3O2. The van der Waals surface area contributed by atoms with E-state index in [0.717, 1.165) is 27.1 Å². The van der Waals surface area contributed by atoms with Gasteiger partial charge in [0.25, 0.3) is 0 Å². The Morgan fingerprint density at radius 2 is 1.85 bits per heavy atom. The van der Waals surface area contributed by atoms with E-state index in [0.29, 0.717) is 11.5 Å². The van der Waals surface area contributed by atoms with Gasteiger partial charge in [-0.3, -0.25) is 10.1 Å². The Morgan fingerprint density at radius 1 is 1.20 bits per heavy atom. The highest BCUT2D eigenvalue weighted by molar-refractivity contribution is 9.10. The van der Waals surface area contributed by atoms with E-state index in [1.54, 1.807) is 20.4 Å². The fourth-order valence-corrected chi connectivity index (χ4v) is 2.26. The van der Waals surface area contributed by atoms with Crippen molar-refractivity contribution >= 4 is 27.8 Å². The fraction of sp³-hybridized carbons (Fsp3) is 0.286. The van der Waals surface area contributed by atoms with Crippen LogP contribution >= 0.6 is 15.9 Å². The number of benzene rings is 1. The smallest absolute Gasteiger partial charge is 0.161 e. The first-order valence-electron chi connectivity index (χ1n) is 6.04. The highest BCUT2D eigenvalue weighted by Gasteiger charge is 2.09. The van der Waals surface area contributed by atoms with Crippen molar-refractivity contribution < 1.29 is 9.47 Å². The van der Waals surface area contributed by atoms with E-state index < -0.39 is 0 Å². The van der Waals surface area contributed by atoms with Crippen LogP contribution < -0.4 is 9.47 Å². The topological polar surface area (TPSA) is 59.5 Å². The number of aliphatic imine (C=N–C) groups is 1. The molecule has 0 saturated carbocycles. The number of aromatic amines is 1. The molecule has 0 saturated heterocycles. The molecule has 0 unspecified atom stereocenters. The summed E-state index contributed by atoms with van der Waals surface area (Å²) < 4.78 is 11.4. The average Bonchev–Trinajstić information content (AvgIpc) is 2.76. The average molecular weight is 338 g/mol. The number of ether oxygens (including phenoxy) is 2. The van der Waals surface area contributed by atoms with Crippen LogP contribution in [-0.2, 0) is 0 Å². The van der Waals surface area contributed by atoms with Gasteiger partial charge >= 0.3 is 0 Å². The second kappa shape index (κ2) is 6.09. The summed E-state index contributed by atoms with van der Waals surface area (Å²) in [6, 6.07) is 3.73. The summed E-state index contributed by atoms with van der Waals surface area (Å²) in [5, 5.41) is 7.03. The molecule has 0 radical (unpaired) electrons. The first kappa shape index (κ1) is 14.6. The molecule has 6 heteroatoms. The highest BCUT2D eigenvalue weighted by atomic mass is 79.9. The number of halogens is 1. The lowest BCUT2D eigenvalue weighted by Gasteiger charge is -2.09. The molecule has 20 heavy (non-hydrogen) atoms. The van der Waals surface area contributed by atoms with Gasteiger partial charge < -0.3 is 9.47 Å². The molecule has 0 spiro atoms. The zero-order valence-electron chi connectivity index (χ0n) is 11.8. The lowest BCUT2D eigenvalue weighted by atomic mass is 10.2. The monoisotopic (exact) mass is 337 g/mol. The number of nitrogens with zero attached hydrogens (tertiary/aromatic N) is 2. The van der Waals surface area contributed by atoms with Crippen LogP contribution in [0.3, 0.4) is 0 Å². The second-order valence-electron chi connectivity index (χ2n) is 4.27. The molecular weight excluding hydrogens is 322 g/mol. The summed E-state index contributed by atoms with van der Waals surface area (Å²) >= 11 is 3.50. The van der Waals surface area contributed by atoms with Crippen molar-refractivity contribution in [2.75, 3.05) is 14.2 Å². The molecule has 1 heterocycles. The van der Waals surface area contributed by atoms with Crippen molar-refractivity contribution in [1.82, 2.24) is 10.2 Å². The number of rotatable bonds is 4. The maximum absolute atomic E-state index is 5.29. The molecule has 0 aliphatic carbocycles. The molecule has 0 aliphatic heterocycles. The Hall–Kier alpha value is -1.82. The predicted octanol–water partition coefficient (Wildman–Crippen LogP) is 3.56. The Kier molecular flexibility index (Phi) is 4.44. The zero-order valence-corrected chi connectivity index (χ0v) is 13.4. The Labute approximate surface area is 126 Å². The van der Waals surface area contributed by atoms with E-state index in [1.165, 1.54) is 0 Å². The SMILES string of the molecule is COc1cc(Br)c(C=Nc2c(C)n[nH]c2C)cc1OC. The van der Waals surface area contributed by atoms with E-state index in [4.69, 9.17) is 9.47 Å². The number of hydrogen-bond donors (Lipinski definition) is 1. The lowest BCUT2D eigenvalue weighted by molar-refractivity contribution is 0.354. The molecule has 0 bridgehead atoms. The summed E-state index contributed by atoms with van der Waals surface area (Å²) in [6.07, 6.45) is 1.77. The molecule has 0 fully saturated rings. The highest BCUT2D eigenvalue weighted by Crippen LogP contribution is 2.33. The van der Waals surface area contributed by atoms with E-state index in [2.05, 4.69) is 31.1 Å². The fourth-order valence-electron chi connectivity index (χ4n) is 1.84. The Bertz CT molecular complexity index is 631. The van der Waals surface area contributed by atoms with Crippen LogP contribution in [0.2, 0.25) is 0 Å². The van der Waals surface area contributed by atoms with Crippen LogP contribution in [-0.4, -0.2) is 30.6 Å². The quantitative estimate of drug-likeness (QED) is 0.867. The van der Waals surface area contributed by atoms with Crippen LogP contribution in [0.1, 0.15) is 17.0 Å². The predicted molar refractivity (Wildman–Crippen MR) is 82.6 cm³/mol. The zero-order chi connectivity index (χ0) is 14.7. The second-order valence-corrected chi connectivity index (χ2v) is 5.12.